The van der Waals surface area contributed by atoms with Gasteiger partial charge in [-0.15, -0.1) is 0 Å². The van der Waals surface area contributed by atoms with E-state index in [1.807, 2.05) is 30.3 Å². The van der Waals surface area contributed by atoms with Crippen molar-refractivity contribution in [2.45, 2.75) is 19.3 Å². The van der Waals surface area contributed by atoms with Crippen LogP contribution in [0.15, 0.2) is 48.7 Å². The molecule has 0 atom stereocenters. The molecule has 2 aromatic carbocycles. The molecule has 5 nitrogen and oxygen atoms in total. The number of nitrogens with zero attached hydrogens (tertiary/aromatic N) is 2. The predicted octanol–water partition coefficient (Wildman–Crippen LogP) is 3.60. The molecule has 2 N–H and O–H groups in total. The van der Waals surface area contributed by atoms with Crippen molar-refractivity contribution in [1.82, 2.24) is 15.1 Å². The van der Waals surface area contributed by atoms with Gasteiger partial charge in [0.1, 0.15) is 5.82 Å². The highest BCUT2D eigenvalue weighted by atomic mass is 19.1. The summed E-state index contributed by atoms with van der Waals surface area (Å²) < 4.78 is 13.0. The number of hydrogen-bond donors (Lipinski definition) is 2. The fourth-order valence-corrected chi connectivity index (χ4v) is 3.73. The van der Waals surface area contributed by atoms with Crippen LogP contribution in [-0.2, 0) is 11.2 Å². The van der Waals surface area contributed by atoms with Crippen molar-refractivity contribution < 1.29 is 9.18 Å². The van der Waals surface area contributed by atoms with E-state index in [2.05, 4.69) is 20.4 Å². The Kier molecular flexibility index (Phi) is 5.16. The van der Waals surface area contributed by atoms with Gasteiger partial charge in [-0.2, -0.15) is 5.10 Å². The number of carbonyl (C=O) groups excluding carboxylic acids is 1. The molecule has 0 spiro atoms. The molecule has 0 radical (unpaired) electrons. The number of fused-ring (bicyclic) bond motifs is 1. The first kappa shape index (κ1) is 17.7. The van der Waals surface area contributed by atoms with Gasteiger partial charge in [-0.25, -0.2) is 4.39 Å². The summed E-state index contributed by atoms with van der Waals surface area (Å²) in [6, 6.07) is 12.5. The molecule has 3 aromatic rings. The largest absolute Gasteiger partial charge is 0.325 e. The number of piperidine rings is 1. The highest BCUT2D eigenvalue weighted by Gasteiger charge is 2.21. The second-order valence-electron chi connectivity index (χ2n) is 7.27. The fourth-order valence-electron chi connectivity index (χ4n) is 3.73. The molecule has 140 valence electrons. The van der Waals surface area contributed by atoms with Gasteiger partial charge >= 0.3 is 0 Å². The summed E-state index contributed by atoms with van der Waals surface area (Å²) >= 11 is 0. The summed E-state index contributed by atoms with van der Waals surface area (Å²) in [6.07, 6.45) is 4.85. The van der Waals surface area contributed by atoms with Crippen molar-refractivity contribution in [1.29, 1.82) is 0 Å². The predicted molar refractivity (Wildman–Crippen MR) is 104 cm³/mol. The van der Waals surface area contributed by atoms with Crippen molar-refractivity contribution in [3.05, 3.63) is 60.0 Å². The van der Waals surface area contributed by atoms with Crippen molar-refractivity contribution in [2.24, 2.45) is 5.92 Å². The van der Waals surface area contributed by atoms with Crippen LogP contribution in [0, 0.1) is 11.7 Å². The minimum Gasteiger partial charge on any atom is -0.325 e. The standard InChI is InChI=1S/C21H23FN4O/c22-18-3-1-15(2-4-18)11-16-7-9-26(10-8-16)14-21(27)24-19-5-6-20-17(12-19)13-23-25-20/h1-6,12-13,16H,7-11,14H2,(H,23,25)(H,24,27). The number of benzene rings is 2. The number of H-pyrrole nitrogens is 1. The fraction of sp³-hybridized carbons (Fsp3) is 0.333. The third kappa shape index (κ3) is 4.52. The highest BCUT2D eigenvalue weighted by Crippen LogP contribution is 2.22. The SMILES string of the molecule is O=C(CN1CCC(Cc2ccc(F)cc2)CC1)Nc1ccc2[nH]ncc2c1. The Balaban J connectivity index is 1.24. The van der Waals surface area contributed by atoms with Gasteiger partial charge in [0.05, 0.1) is 18.3 Å². The van der Waals surface area contributed by atoms with E-state index in [-0.39, 0.29) is 11.7 Å². The lowest BCUT2D eigenvalue weighted by Crippen LogP contribution is -2.39. The Morgan fingerprint density at radius 2 is 1.96 bits per heavy atom. The number of halogens is 1. The first-order valence-electron chi connectivity index (χ1n) is 9.35. The number of aromatic amines is 1. The molecule has 0 aliphatic carbocycles. The van der Waals surface area contributed by atoms with Crippen LogP contribution in [0.3, 0.4) is 0 Å². The van der Waals surface area contributed by atoms with Crippen LogP contribution in [0.25, 0.3) is 10.9 Å². The van der Waals surface area contributed by atoms with Gasteiger partial charge < -0.3 is 5.32 Å². The molecular formula is C21H23FN4O. The van der Waals surface area contributed by atoms with E-state index in [1.54, 1.807) is 6.20 Å². The van der Waals surface area contributed by atoms with Gasteiger partial charge in [-0.05, 0) is 74.2 Å². The van der Waals surface area contributed by atoms with E-state index in [0.29, 0.717) is 12.5 Å². The number of amides is 1. The second-order valence-corrected chi connectivity index (χ2v) is 7.27. The van der Waals surface area contributed by atoms with E-state index in [9.17, 15) is 9.18 Å². The number of carbonyl (C=O) groups is 1. The van der Waals surface area contributed by atoms with Crippen molar-refractivity contribution in [3.63, 3.8) is 0 Å². The average molecular weight is 366 g/mol. The minimum absolute atomic E-state index is 0.00910. The number of aromatic nitrogens is 2. The normalized spacial score (nSPS) is 15.9. The van der Waals surface area contributed by atoms with Crippen molar-refractivity contribution in [2.75, 3.05) is 25.0 Å². The Morgan fingerprint density at radius 1 is 1.19 bits per heavy atom. The molecule has 1 amide bonds. The maximum Gasteiger partial charge on any atom is 0.238 e. The van der Waals surface area contributed by atoms with Gasteiger partial charge in [0, 0.05) is 11.1 Å². The molecule has 1 saturated heterocycles. The number of rotatable bonds is 5. The van der Waals surface area contributed by atoms with Crippen molar-refractivity contribution in [3.8, 4) is 0 Å². The van der Waals surface area contributed by atoms with Crippen LogP contribution in [0.4, 0.5) is 10.1 Å². The smallest absolute Gasteiger partial charge is 0.238 e. The van der Waals surface area contributed by atoms with Gasteiger partial charge in [0.25, 0.3) is 0 Å². The maximum atomic E-state index is 13.0. The summed E-state index contributed by atoms with van der Waals surface area (Å²) in [5.41, 5.74) is 2.93. The zero-order valence-electron chi connectivity index (χ0n) is 15.1. The third-order valence-corrected chi connectivity index (χ3v) is 5.24. The topological polar surface area (TPSA) is 61.0 Å². The molecule has 0 saturated carbocycles. The minimum atomic E-state index is -0.188. The monoisotopic (exact) mass is 366 g/mol. The molecule has 1 aliphatic rings. The van der Waals surface area contributed by atoms with Gasteiger partial charge in [-0.3, -0.25) is 14.8 Å². The van der Waals surface area contributed by atoms with Crippen LogP contribution >= 0.6 is 0 Å². The average Bonchev–Trinajstić information content (AvgIpc) is 3.13. The maximum absolute atomic E-state index is 13.0. The zero-order valence-corrected chi connectivity index (χ0v) is 15.1. The Morgan fingerprint density at radius 3 is 2.74 bits per heavy atom. The summed E-state index contributed by atoms with van der Waals surface area (Å²) in [6.45, 7) is 2.24. The van der Waals surface area contributed by atoms with Crippen molar-refractivity contribution >= 4 is 22.5 Å². The van der Waals surface area contributed by atoms with E-state index < -0.39 is 0 Å². The van der Waals surface area contributed by atoms with E-state index in [4.69, 9.17) is 0 Å². The van der Waals surface area contributed by atoms with Gasteiger partial charge in [-0.1, -0.05) is 12.1 Å². The first-order chi connectivity index (χ1) is 13.2. The summed E-state index contributed by atoms with van der Waals surface area (Å²) in [5.74, 6) is 0.416. The van der Waals surface area contributed by atoms with Crippen LogP contribution in [-0.4, -0.2) is 40.6 Å². The molecule has 0 unspecified atom stereocenters. The summed E-state index contributed by atoms with van der Waals surface area (Å²) in [5, 5.41) is 10.8. The van der Waals surface area contributed by atoms with Crippen LogP contribution in [0.5, 0.6) is 0 Å². The number of nitrogens with one attached hydrogen (secondary N) is 2. The molecule has 1 aliphatic heterocycles. The molecular weight excluding hydrogens is 343 g/mol. The lowest BCUT2D eigenvalue weighted by molar-refractivity contribution is -0.117. The van der Waals surface area contributed by atoms with E-state index >= 15 is 0 Å². The number of anilines is 1. The Hall–Kier alpha value is -2.73. The Labute approximate surface area is 157 Å². The molecule has 1 fully saturated rings. The van der Waals surface area contributed by atoms with Gasteiger partial charge in [0.15, 0.2) is 0 Å². The highest BCUT2D eigenvalue weighted by molar-refractivity contribution is 5.94. The van der Waals surface area contributed by atoms with Crippen LogP contribution < -0.4 is 5.32 Å². The molecule has 6 heteroatoms. The molecule has 4 rings (SSSR count). The molecule has 2 heterocycles. The van der Waals surface area contributed by atoms with Crippen LogP contribution in [0.1, 0.15) is 18.4 Å². The zero-order chi connectivity index (χ0) is 18.6. The lowest BCUT2D eigenvalue weighted by atomic mass is 9.90. The quantitative estimate of drug-likeness (QED) is 0.725. The molecule has 0 bridgehead atoms. The number of hydrogen-bond acceptors (Lipinski definition) is 3. The Bertz CT molecular complexity index is 913. The lowest BCUT2D eigenvalue weighted by Gasteiger charge is -2.31. The third-order valence-electron chi connectivity index (χ3n) is 5.24. The first-order valence-corrected chi connectivity index (χ1v) is 9.35. The van der Waals surface area contributed by atoms with Crippen LogP contribution in [0.2, 0.25) is 0 Å². The van der Waals surface area contributed by atoms with E-state index in [1.165, 1.54) is 17.7 Å². The number of likely N-dealkylation sites (tertiary alicyclic amines) is 1. The molecule has 27 heavy (non-hydrogen) atoms. The van der Waals surface area contributed by atoms with E-state index in [0.717, 1.165) is 48.9 Å². The van der Waals surface area contributed by atoms with Gasteiger partial charge in [0.2, 0.25) is 5.91 Å². The molecule has 1 aromatic heterocycles. The summed E-state index contributed by atoms with van der Waals surface area (Å²) in [7, 11) is 0. The summed E-state index contributed by atoms with van der Waals surface area (Å²) in [4.78, 5) is 14.5. The second kappa shape index (κ2) is 7.88.